The van der Waals surface area contributed by atoms with Crippen LogP contribution in [0.25, 0.3) is 0 Å². The van der Waals surface area contributed by atoms with Gasteiger partial charge in [-0.15, -0.1) is 0 Å². The van der Waals surface area contributed by atoms with Crippen LogP contribution in [0.15, 0.2) is 24.0 Å². The molecule has 2 unspecified atom stereocenters. The SMILES string of the molecule is C=C1C(=O)C23[C@@H]4OC(C)(C)OC25OC[C@]2(C(=O)/C(=C\O)CC(C)(C)[C@H]2[C@@H]5O)[C@@H]3CC[C@@H]14. The van der Waals surface area contributed by atoms with E-state index in [0.717, 1.165) is 6.26 Å². The summed E-state index contributed by atoms with van der Waals surface area (Å²) in [6.45, 7) is 11.7. The second kappa shape index (κ2) is 5.33. The molecule has 0 aromatic carbocycles. The van der Waals surface area contributed by atoms with E-state index in [-0.39, 0.29) is 24.1 Å². The Kier molecular flexibility index (Phi) is 3.45. The summed E-state index contributed by atoms with van der Waals surface area (Å²) < 4.78 is 19.2. The largest absolute Gasteiger partial charge is 0.515 e. The molecule has 7 heteroatoms. The van der Waals surface area contributed by atoms with Crippen molar-refractivity contribution in [1.29, 1.82) is 0 Å². The summed E-state index contributed by atoms with van der Waals surface area (Å²) in [7, 11) is 0. The second-order valence-electron chi connectivity index (χ2n) is 11.6. The zero-order valence-electron chi connectivity index (χ0n) is 18.4. The number of aliphatic hydroxyl groups excluding tert-OH is 2. The number of carbonyl (C=O) groups excluding carboxylic acids is 2. The lowest BCUT2D eigenvalue weighted by atomic mass is 9.35. The fourth-order valence-electron chi connectivity index (χ4n) is 8.79. The average Bonchev–Trinajstić information content (AvgIpc) is 2.80. The Labute approximate surface area is 181 Å². The molecule has 4 saturated carbocycles. The van der Waals surface area contributed by atoms with Crippen molar-refractivity contribution in [1.82, 2.24) is 0 Å². The first-order valence-corrected chi connectivity index (χ1v) is 11.2. The van der Waals surface area contributed by atoms with Gasteiger partial charge in [-0.25, -0.2) is 0 Å². The molecule has 8 atom stereocenters. The van der Waals surface area contributed by atoms with E-state index in [9.17, 15) is 19.8 Å². The Hall–Kier alpha value is -1.54. The molecule has 7 fully saturated rings. The maximum atomic E-state index is 14.0. The van der Waals surface area contributed by atoms with Crippen LogP contribution in [0.4, 0.5) is 0 Å². The van der Waals surface area contributed by atoms with Gasteiger partial charge in [0, 0.05) is 17.4 Å². The number of aliphatic hydroxyl groups is 2. The lowest BCUT2D eigenvalue weighted by molar-refractivity contribution is -0.523. The van der Waals surface area contributed by atoms with Crippen LogP contribution >= 0.6 is 0 Å². The molecule has 7 aliphatic rings. The molecule has 3 saturated heterocycles. The number of ketones is 2. The third-order valence-electron chi connectivity index (χ3n) is 9.40. The van der Waals surface area contributed by atoms with Crippen LogP contribution in [-0.2, 0) is 23.8 Å². The van der Waals surface area contributed by atoms with Crippen molar-refractivity contribution in [2.24, 2.45) is 34.0 Å². The highest BCUT2D eigenvalue weighted by atomic mass is 16.8. The van der Waals surface area contributed by atoms with Crippen LogP contribution in [0, 0.1) is 34.0 Å². The highest BCUT2D eigenvalue weighted by Crippen LogP contribution is 2.78. The number of fused-ring (bicyclic) bond motifs is 1. The molecule has 4 bridgehead atoms. The number of ether oxygens (including phenoxy) is 3. The van der Waals surface area contributed by atoms with Gasteiger partial charge in [-0.1, -0.05) is 20.4 Å². The average molecular weight is 430 g/mol. The van der Waals surface area contributed by atoms with Gasteiger partial charge >= 0.3 is 0 Å². The minimum absolute atomic E-state index is 0.0496. The number of carbonyl (C=O) groups is 2. The predicted octanol–water partition coefficient (Wildman–Crippen LogP) is 2.43. The Morgan fingerprint density at radius 3 is 2.52 bits per heavy atom. The Balaban J connectivity index is 1.70. The molecule has 3 heterocycles. The van der Waals surface area contributed by atoms with Gasteiger partial charge in [-0.2, -0.15) is 0 Å². The van der Waals surface area contributed by atoms with Crippen LogP contribution in [0.1, 0.15) is 47.0 Å². The molecule has 7 rings (SSSR count). The summed E-state index contributed by atoms with van der Waals surface area (Å²) in [5.74, 6) is -4.18. The van der Waals surface area contributed by atoms with Gasteiger partial charge < -0.3 is 24.4 Å². The summed E-state index contributed by atoms with van der Waals surface area (Å²) in [6, 6.07) is 0. The molecule has 2 N–H and O–H groups in total. The van der Waals surface area contributed by atoms with Crippen molar-refractivity contribution in [3.05, 3.63) is 24.0 Å². The first-order valence-electron chi connectivity index (χ1n) is 11.2. The molecule has 4 aliphatic carbocycles. The van der Waals surface area contributed by atoms with Gasteiger partial charge in [0.15, 0.2) is 17.4 Å². The molecule has 0 aromatic heterocycles. The lowest BCUT2D eigenvalue weighted by Gasteiger charge is -2.76. The van der Waals surface area contributed by atoms with E-state index in [2.05, 4.69) is 6.58 Å². The lowest BCUT2D eigenvalue weighted by Crippen LogP contribution is -2.88. The van der Waals surface area contributed by atoms with Crippen LogP contribution in [0.5, 0.6) is 0 Å². The van der Waals surface area contributed by atoms with Gasteiger partial charge in [-0.3, -0.25) is 9.59 Å². The molecule has 3 spiro atoms. The highest BCUT2D eigenvalue weighted by Gasteiger charge is 2.90. The van der Waals surface area contributed by atoms with Crippen molar-refractivity contribution >= 4 is 11.6 Å². The van der Waals surface area contributed by atoms with E-state index in [1.807, 2.05) is 13.8 Å². The van der Waals surface area contributed by atoms with Crippen LogP contribution < -0.4 is 0 Å². The zero-order chi connectivity index (χ0) is 22.4. The minimum Gasteiger partial charge on any atom is -0.515 e. The third kappa shape index (κ3) is 1.79. The van der Waals surface area contributed by atoms with Gasteiger partial charge in [0.25, 0.3) is 0 Å². The highest BCUT2D eigenvalue weighted by molar-refractivity contribution is 6.08. The van der Waals surface area contributed by atoms with Crippen molar-refractivity contribution in [2.45, 2.75) is 70.7 Å². The molecule has 31 heavy (non-hydrogen) atoms. The second-order valence-corrected chi connectivity index (χ2v) is 11.6. The molecular weight excluding hydrogens is 400 g/mol. The topological polar surface area (TPSA) is 102 Å². The number of hydrogen-bond donors (Lipinski definition) is 2. The monoisotopic (exact) mass is 430 g/mol. The number of hydrogen-bond acceptors (Lipinski definition) is 7. The molecule has 7 nitrogen and oxygen atoms in total. The number of allylic oxidation sites excluding steroid dienone is 1. The first kappa shape index (κ1) is 20.1. The van der Waals surface area contributed by atoms with E-state index in [1.165, 1.54) is 0 Å². The normalized spacial score (nSPS) is 54.7. The summed E-state index contributed by atoms with van der Waals surface area (Å²) in [6.07, 6.45) is 0.774. The standard InChI is InChI=1S/C24H30O7/c1-11-13-6-7-14-22-10-29-24(23(14,16(11)26)19(13)30-21(4,5)31-24)18(28)15(22)20(2,3)8-12(9-25)17(22)27/h9,13-15,18-19,25,28H,1,6-8,10H2,2-5H3/b12-9-/t13-,14-,15+,18-,19+,22-,23?,24?/m0/s1. The van der Waals surface area contributed by atoms with Crippen molar-refractivity contribution in [3.8, 4) is 0 Å². The van der Waals surface area contributed by atoms with Gasteiger partial charge in [0.2, 0.25) is 5.79 Å². The zero-order valence-corrected chi connectivity index (χ0v) is 18.4. The van der Waals surface area contributed by atoms with E-state index in [1.54, 1.807) is 13.8 Å². The van der Waals surface area contributed by atoms with Gasteiger partial charge in [0.1, 0.15) is 11.5 Å². The maximum absolute atomic E-state index is 14.0. The Morgan fingerprint density at radius 1 is 1.13 bits per heavy atom. The van der Waals surface area contributed by atoms with E-state index in [0.29, 0.717) is 30.4 Å². The third-order valence-corrected chi connectivity index (χ3v) is 9.40. The van der Waals surface area contributed by atoms with Crippen LogP contribution in [0.3, 0.4) is 0 Å². The number of rotatable bonds is 0. The molecule has 168 valence electrons. The molecular formula is C24H30O7. The first-order chi connectivity index (χ1) is 14.4. The summed E-state index contributed by atoms with van der Waals surface area (Å²) in [5, 5.41) is 21.9. The Morgan fingerprint density at radius 2 is 1.84 bits per heavy atom. The van der Waals surface area contributed by atoms with Gasteiger partial charge in [-0.05, 0) is 50.0 Å². The smallest absolute Gasteiger partial charge is 0.213 e. The maximum Gasteiger partial charge on any atom is 0.213 e. The predicted molar refractivity (Wildman–Crippen MR) is 108 cm³/mol. The summed E-state index contributed by atoms with van der Waals surface area (Å²) in [4.78, 5) is 27.9. The molecule has 0 amide bonds. The van der Waals surface area contributed by atoms with E-state index >= 15 is 0 Å². The summed E-state index contributed by atoms with van der Waals surface area (Å²) in [5.41, 5.74) is -2.17. The molecule has 0 aromatic rings. The van der Waals surface area contributed by atoms with Gasteiger partial charge in [0.05, 0.1) is 24.4 Å². The van der Waals surface area contributed by atoms with Crippen molar-refractivity contribution in [2.75, 3.05) is 6.61 Å². The quantitative estimate of drug-likeness (QED) is 0.449. The number of Topliss-reactive ketones (excluding diaryl/α,β-unsaturated/α-hetero) is 2. The fourth-order valence-corrected chi connectivity index (χ4v) is 8.79. The van der Waals surface area contributed by atoms with Crippen LogP contribution in [0.2, 0.25) is 0 Å². The minimum atomic E-state index is -1.59. The molecule has 3 aliphatic heterocycles. The summed E-state index contributed by atoms with van der Waals surface area (Å²) >= 11 is 0. The van der Waals surface area contributed by atoms with Crippen molar-refractivity contribution < 1.29 is 34.0 Å². The van der Waals surface area contributed by atoms with E-state index < -0.39 is 51.9 Å². The van der Waals surface area contributed by atoms with Crippen LogP contribution in [-0.4, -0.2) is 52.2 Å². The van der Waals surface area contributed by atoms with Crippen molar-refractivity contribution in [3.63, 3.8) is 0 Å². The Bertz CT molecular complexity index is 978. The molecule has 0 radical (unpaired) electrons. The van der Waals surface area contributed by atoms with E-state index in [4.69, 9.17) is 14.2 Å². The fraction of sp³-hybridized carbons (Fsp3) is 0.750.